The van der Waals surface area contributed by atoms with Crippen molar-refractivity contribution >= 4 is 33.2 Å². The second-order valence-electron chi connectivity index (χ2n) is 6.43. The van der Waals surface area contributed by atoms with Gasteiger partial charge in [-0.2, -0.15) is 0 Å². The molecule has 4 rings (SSSR count). The van der Waals surface area contributed by atoms with Gasteiger partial charge in [0, 0.05) is 9.90 Å². The summed E-state index contributed by atoms with van der Waals surface area (Å²) in [4.78, 5) is 28.2. The first kappa shape index (κ1) is 17.8. The van der Waals surface area contributed by atoms with Crippen molar-refractivity contribution in [2.75, 3.05) is 0 Å². The molecule has 0 unspecified atom stereocenters. The van der Waals surface area contributed by atoms with E-state index in [1.165, 1.54) is 15.9 Å². The van der Waals surface area contributed by atoms with E-state index in [2.05, 4.69) is 0 Å². The molecular formula is C21H17ClN2O2S. The van der Waals surface area contributed by atoms with E-state index >= 15 is 0 Å². The lowest BCUT2D eigenvalue weighted by Crippen LogP contribution is -2.38. The third-order valence-corrected chi connectivity index (χ3v) is 6.20. The van der Waals surface area contributed by atoms with Crippen LogP contribution in [-0.2, 0) is 6.54 Å². The fraction of sp³-hybridized carbons (Fsp3) is 0.143. The molecule has 4 nitrogen and oxygen atoms in total. The number of fused-ring (bicyclic) bond motifs is 1. The highest BCUT2D eigenvalue weighted by Gasteiger charge is 2.19. The zero-order valence-electron chi connectivity index (χ0n) is 14.9. The molecule has 6 heteroatoms. The quantitative estimate of drug-likeness (QED) is 0.510. The highest BCUT2D eigenvalue weighted by Crippen LogP contribution is 2.27. The fourth-order valence-electron chi connectivity index (χ4n) is 3.17. The molecule has 2 heterocycles. The van der Waals surface area contributed by atoms with E-state index in [0.717, 1.165) is 16.0 Å². The molecule has 0 aliphatic rings. The minimum atomic E-state index is -0.338. The number of hydrogen-bond donors (Lipinski definition) is 0. The smallest absolute Gasteiger partial charge is 0.280 e. The van der Waals surface area contributed by atoms with Crippen LogP contribution in [0.3, 0.4) is 0 Å². The van der Waals surface area contributed by atoms with Crippen molar-refractivity contribution in [1.82, 2.24) is 9.13 Å². The van der Waals surface area contributed by atoms with E-state index in [4.69, 9.17) is 11.6 Å². The Kier molecular flexibility index (Phi) is 4.50. The first-order valence-corrected chi connectivity index (χ1v) is 9.72. The minimum Gasteiger partial charge on any atom is -0.280 e. The van der Waals surface area contributed by atoms with Crippen LogP contribution in [0.4, 0.5) is 0 Å². The zero-order valence-corrected chi connectivity index (χ0v) is 16.5. The molecule has 0 aliphatic heterocycles. The fourth-order valence-corrected chi connectivity index (χ4v) is 4.44. The second kappa shape index (κ2) is 6.83. The molecular weight excluding hydrogens is 380 g/mol. The Balaban J connectivity index is 2.05. The number of aromatic nitrogens is 2. The Labute approximate surface area is 164 Å². The third-order valence-electron chi connectivity index (χ3n) is 4.72. The van der Waals surface area contributed by atoms with Gasteiger partial charge in [-0.3, -0.25) is 9.36 Å². The van der Waals surface area contributed by atoms with Gasteiger partial charge in [0.15, 0.2) is 0 Å². The summed E-state index contributed by atoms with van der Waals surface area (Å²) >= 11 is 7.46. The molecule has 2 aromatic heterocycles. The molecule has 0 radical (unpaired) electrons. The summed E-state index contributed by atoms with van der Waals surface area (Å²) in [7, 11) is 0. The van der Waals surface area contributed by atoms with Crippen molar-refractivity contribution in [3.8, 4) is 5.69 Å². The van der Waals surface area contributed by atoms with Crippen LogP contribution in [-0.4, -0.2) is 9.13 Å². The van der Waals surface area contributed by atoms with Crippen LogP contribution < -0.4 is 11.2 Å². The Hall–Kier alpha value is -2.63. The maximum Gasteiger partial charge on any atom is 0.337 e. The number of hydrogen-bond acceptors (Lipinski definition) is 3. The number of halogens is 1. The Morgan fingerprint density at radius 2 is 1.63 bits per heavy atom. The summed E-state index contributed by atoms with van der Waals surface area (Å²) in [5.74, 6) is 0. The van der Waals surface area contributed by atoms with Crippen LogP contribution in [0.5, 0.6) is 0 Å². The van der Waals surface area contributed by atoms with Crippen LogP contribution in [0.25, 0.3) is 15.9 Å². The Bertz CT molecular complexity index is 1250. The standard InChI is InChI=1S/C21H17ClN2O2S/c1-13-14(2)27-20-18(13)19(25)24(17-6-4-3-5-7-17)21(26)23(20)12-15-8-10-16(22)11-9-15/h3-11H,12H2,1-2H3. The van der Waals surface area contributed by atoms with Crippen LogP contribution in [0.1, 0.15) is 16.0 Å². The first-order valence-electron chi connectivity index (χ1n) is 8.53. The molecule has 0 aliphatic carbocycles. The van der Waals surface area contributed by atoms with Gasteiger partial charge < -0.3 is 0 Å². The molecule has 0 spiro atoms. The Morgan fingerprint density at radius 3 is 2.30 bits per heavy atom. The lowest BCUT2D eigenvalue weighted by atomic mass is 10.2. The lowest BCUT2D eigenvalue weighted by Gasteiger charge is -2.12. The van der Waals surface area contributed by atoms with E-state index in [-0.39, 0.29) is 11.2 Å². The number of thiophene rings is 1. The van der Waals surface area contributed by atoms with Crippen LogP contribution >= 0.6 is 22.9 Å². The number of rotatable bonds is 3. The molecule has 0 saturated carbocycles. The van der Waals surface area contributed by atoms with Crippen LogP contribution in [0.2, 0.25) is 5.02 Å². The van der Waals surface area contributed by atoms with Crippen LogP contribution in [0.15, 0.2) is 64.2 Å². The summed E-state index contributed by atoms with van der Waals surface area (Å²) in [5.41, 5.74) is 1.84. The molecule has 0 N–H and O–H groups in total. The summed E-state index contributed by atoms with van der Waals surface area (Å²) in [6.07, 6.45) is 0. The van der Waals surface area contributed by atoms with Gasteiger partial charge in [-0.25, -0.2) is 9.36 Å². The van der Waals surface area contributed by atoms with Gasteiger partial charge >= 0.3 is 5.69 Å². The lowest BCUT2D eigenvalue weighted by molar-refractivity contribution is 0.719. The maximum absolute atomic E-state index is 13.3. The predicted octanol–water partition coefficient (Wildman–Crippen LogP) is 4.53. The Morgan fingerprint density at radius 1 is 0.963 bits per heavy atom. The van der Waals surface area contributed by atoms with Gasteiger partial charge in [-0.05, 0) is 49.2 Å². The first-order chi connectivity index (χ1) is 13.0. The van der Waals surface area contributed by atoms with E-state index in [9.17, 15) is 9.59 Å². The summed E-state index contributed by atoms with van der Waals surface area (Å²) < 4.78 is 2.94. The minimum absolute atomic E-state index is 0.268. The van der Waals surface area contributed by atoms with Gasteiger partial charge in [0.05, 0.1) is 17.6 Å². The molecule has 27 heavy (non-hydrogen) atoms. The van der Waals surface area contributed by atoms with Gasteiger partial charge in [0.2, 0.25) is 0 Å². The van der Waals surface area contributed by atoms with E-state index in [1.54, 1.807) is 28.8 Å². The second-order valence-corrected chi connectivity index (χ2v) is 8.07. The molecule has 2 aromatic carbocycles. The topological polar surface area (TPSA) is 44.0 Å². The zero-order chi connectivity index (χ0) is 19.1. The largest absolute Gasteiger partial charge is 0.337 e. The monoisotopic (exact) mass is 396 g/mol. The average molecular weight is 397 g/mol. The van der Waals surface area contributed by atoms with Gasteiger partial charge in [-0.1, -0.05) is 41.9 Å². The number of aryl methyl sites for hydroxylation is 2. The molecule has 0 fully saturated rings. The van der Waals surface area contributed by atoms with E-state index < -0.39 is 0 Å². The van der Waals surface area contributed by atoms with Crippen molar-refractivity contribution in [3.63, 3.8) is 0 Å². The normalized spacial score (nSPS) is 11.2. The average Bonchev–Trinajstić information content (AvgIpc) is 2.96. The summed E-state index contributed by atoms with van der Waals surface area (Å²) in [6, 6.07) is 16.4. The predicted molar refractivity (Wildman–Crippen MR) is 112 cm³/mol. The number of nitrogens with zero attached hydrogens (tertiary/aromatic N) is 2. The molecule has 0 bridgehead atoms. The third kappa shape index (κ3) is 3.03. The molecule has 136 valence electrons. The van der Waals surface area contributed by atoms with E-state index in [0.29, 0.717) is 27.5 Å². The molecule has 0 saturated heterocycles. The van der Waals surface area contributed by atoms with E-state index in [1.807, 2.05) is 44.2 Å². The van der Waals surface area contributed by atoms with Gasteiger partial charge in [-0.15, -0.1) is 11.3 Å². The van der Waals surface area contributed by atoms with Gasteiger partial charge in [0.1, 0.15) is 4.83 Å². The van der Waals surface area contributed by atoms with Crippen molar-refractivity contribution in [3.05, 3.63) is 96.5 Å². The van der Waals surface area contributed by atoms with Gasteiger partial charge in [0.25, 0.3) is 5.56 Å². The number of benzene rings is 2. The molecule has 0 amide bonds. The van der Waals surface area contributed by atoms with Crippen molar-refractivity contribution in [1.29, 1.82) is 0 Å². The highest BCUT2D eigenvalue weighted by molar-refractivity contribution is 7.18. The van der Waals surface area contributed by atoms with Crippen molar-refractivity contribution in [2.45, 2.75) is 20.4 Å². The highest BCUT2D eigenvalue weighted by atomic mass is 35.5. The van der Waals surface area contributed by atoms with Crippen molar-refractivity contribution < 1.29 is 0 Å². The summed E-state index contributed by atoms with van der Waals surface area (Å²) in [5, 5.41) is 1.25. The molecule has 0 atom stereocenters. The SMILES string of the molecule is Cc1sc2c(c1C)c(=O)n(-c1ccccc1)c(=O)n2Cc1ccc(Cl)cc1. The van der Waals surface area contributed by atoms with Crippen LogP contribution in [0, 0.1) is 13.8 Å². The molecule has 4 aromatic rings. The maximum atomic E-state index is 13.3. The summed E-state index contributed by atoms with van der Waals surface area (Å²) in [6.45, 7) is 4.28. The van der Waals surface area contributed by atoms with Crippen molar-refractivity contribution in [2.24, 2.45) is 0 Å². The number of para-hydroxylation sites is 1.